The van der Waals surface area contributed by atoms with E-state index in [9.17, 15) is 4.79 Å². The van der Waals surface area contributed by atoms with Crippen LogP contribution in [-0.4, -0.2) is 34.9 Å². The van der Waals surface area contributed by atoms with Crippen LogP contribution in [0.2, 0.25) is 0 Å². The number of likely N-dealkylation sites (tertiary alicyclic amines) is 1. The van der Waals surface area contributed by atoms with E-state index in [1.54, 1.807) is 11.8 Å². The number of hydrogen-bond acceptors (Lipinski definition) is 2. The third-order valence-electron chi connectivity index (χ3n) is 2.99. The first kappa shape index (κ1) is 12.9. The summed E-state index contributed by atoms with van der Waals surface area (Å²) in [6.07, 6.45) is 6.11. The molecule has 2 nitrogen and oxygen atoms in total. The molecule has 1 aliphatic rings. The van der Waals surface area contributed by atoms with Crippen LogP contribution < -0.4 is 0 Å². The lowest BCUT2D eigenvalue weighted by Crippen LogP contribution is -2.43. The molecule has 1 fully saturated rings. The molecule has 0 aromatic heterocycles. The van der Waals surface area contributed by atoms with Gasteiger partial charge in [0, 0.05) is 12.6 Å². The number of amides is 1. The van der Waals surface area contributed by atoms with Gasteiger partial charge in [0.05, 0.1) is 5.75 Å². The van der Waals surface area contributed by atoms with E-state index in [2.05, 4.69) is 18.7 Å². The van der Waals surface area contributed by atoms with Gasteiger partial charge in [0.15, 0.2) is 0 Å². The van der Waals surface area contributed by atoms with E-state index in [1.807, 2.05) is 0 Å². The standard InChI is InChI=1S/C12H23NOS/c1-3-4-9-15-10-12(14)13-8-6-5-7-11(13)2/h11H,3-10H2,1-2H3. The molecule has 1 atom stereocenters. The summed E-state index contributed by atoms with van der Waals surface area (Å²) in [7, 11) is 0. The highest BCUT2D eigenvalue weighted by Crippen LogP contribution is 2.17. The average Bonchev–Trinajstić information content (AvgIpc) is 2.25. The molecular weight excluding hydrogens is 206 g/mol. The second-order valence-corrected chi connectivity index (χ2v) is 5.44. The fourth-order valence-electron chi connectivity index (χ4n) is 1.96. The number of nitrogens with zero attached hydrogens (tertiary/aromatic N) is 1. The van der Waals surface area contributed by atoms with Crippen LogP contribution >= 0.6 is 11.8 Å². The van der Waals surface area contributed by atoms with Crippen LogP contribution in [0.25, 0.3) is 0 Å². The Morgan fingerprint density at radius 1 is 1.47 bits per heavy atom. The average molecular weight is 229 g/mol. The van der Waals surface area contributed by atoms with E-state index in [0.717, 1.165) is 12.3 Å². The predicted octanol–water partition coefficient (Wildman–Crippen LogP) is 2.92. The van der Waals surface area contributed by atoms with Crippen LogP contribution in [0.1, 0.15) is 46.0 Å². The van der Waals surface area contributed by atoms with Gasteiger partial charge in [-0.05, 0) is 38.4 Å². The second kappa shape index (κ2) is 7.15. The Morgan fingerprint density at radius 2 is 2.27 bits per heavy atom. The minimum absolute atomic E-state index is 0.350. The summed E-state index contributed by atoms with van der Waals surface area (Å²) in [5.41, 5.74) is 0. The van der Waals surface area contributed by atoms with Crippen molar-refractivity contribution in [1.29, 1.82) is 0 Å². The molecular formula is C12H23NOS. The van der Waals surface area contributed by atoms with Gasteiger partial charge in [-0.3, -0.25) is 4.79 Å². The van der Waals surface area contributed by atoms with Gasteiger partial charge < -0.3 is 4.90 Å². The van der Waals surface area contributed by atoms with Crippen molar-refractivity contribution in [3.05, 3.63) is 0 Å². The number of carbonyl (C=O) groups is 1. The maximum atomic E-state index is 11.9. The van der Waals surface area contributed by atoms with E-state index in [-0.39, 0.29) is 0 Å². The Hall–Kier alpha value is -0.180. The van der Waals surface area contributed by atoms with Crippen LogP contribution in [0.3, 0.4) is 0 Å². The van der Waals surface area contributed by atoms with Crippen LogP contribution in [0.15, 0.2) is 0 Å². The molecule has 88 valence electrons. The largest absolute Gasteiger partial charge is 0.339 e. The van der Waals surface area contributed by atoms with Crippen molar-refractivity contribution >= 4 is 17.7 Å². The molecule has 0 aromatic carbocycles. The smallest absolute Gasteiger partial charge is 0.232 e. The van der Waals surface area contributed by atoms with E-state index in [1.165, 1.54) is 32.1 Å². The molecule has 0 aliphatic carbocycles. The van der Waals surface area contributed by atoms with Crippen molar-refractivity contribution in [1.82, 2.24) is 4.90 Å². The highest BCUT2D eigenvalue weighted by atomic mass is 32.2. The third-order valence-corrected chi connectivity index (χ3v) is 4.02. The normalized spacial score (nSPS) is 21.7. The molecule has 0 saturated carbocycles. The molecule has 1 heterocycles. The van der Waals surface area contributed by atoms with E-state index >= 15 is 0 Å². The lowest BCUT2D eigenvalue weighted by molar-refractivity contribution is -0.131. The molecule has 1 saturated heterocycles. The highest BCUT2D eigenvalue weighted by molar-refractivity contribution is 7.99. The molecule has 1 unspecified atom stereocenters. The number of hydrogen-bond donors (Lipinski definition) is 0. The van der Waals surface area contributed by atoms with Crippen molar-refractivity contribution in [2.45, 2.75) is 52.0 Å². The zero-order valence-corrected chi connectivity index (χ0v) is 10.8. The maximum Gasteiger partial charge on any atom is 0.232 e. The quantitative estimate of drug-likeness (QED) is 0.676. The Morgan fingerprint density at radius 3 is 2.93 bits per heavy atom. The lowest BCUT2D eigenvalue weighted by Gasteiger charge is -2.33. The Kier molecular flexibility index (Phi) is 6.15. The molecule has 0 N–H and O–H groups in total. The lowest BCUT2D eigenvalue weighted by atomic mass is 10.0. The van der Waals surface area contributed by atoms with Crippen LogP contribution in [0.4, 0.5) is 0 Å². The monoisotopic (exact) mass is 229 g/mol. The Balaban J connectivity index is 2.20. The summed E-state index contributed by atoms with van der Waals surface area (Å²) in [5.74, 6) is 2.16. The van der Waals surface area contributed by atoms with Crippen molar-refractivity contribution in [3.63, 3.8) is 0 Å². The third kappa shape index (κ3) is 4.45. The first-order chi connectivity index (χ1) is 7.25. The van der Waals surface area contributed by atoms with E-state index < -0.39 is 0 Å². The first-order valence-electron chi connectivity index (χ1n) is 6.13. The topological polar surface area (TPSA) is 20.3 Å². The minimum atomic E-state index is 0.350. The SMILES string of the molecule is CCCCSCC(=O)N1CCCCC1C. The molecule has 15 heavy (non-hydrogen) atoms. The second-order valence-electron chi connectivity index (χ2n) is 4.34. The van der Waals surface area contributed by atoms with E-state index in [0.29, 0.717) is 17.7 Å². The van der Waals surface area contributed by atoms with Gasteiger partial charge in [-0.25, -0.2) is 0 Å². The Bertz CT molecular complexity index is 196. The number of carbonyl (C=O) groups excluding carboxylic acids is 1. The number of piperidine rings is 1. The Labute approximate surface area is 97.8 Å². The summed E-state index contributed by atoms with van der Waals surface area (Å²) in [5, 5.41) is 0. The number of unbranched alkanes of at least 4 members (excludes halogenated alkanes) is 1. The van der Waals surface area contributed by atoms with Crippen molar-refractivity contribution < 1.29 is 4.79 Å². The number of thioether (sulfide) groups is 1. The molecule has 1 rings (SSSR count). The van der Waals surface area contributed by atoms with Crippen LogP contribution in [0.5, 0.6) is 0 Å². The van der Waals surface area contributed by atoms with Crippen LogP contribution in [-0.2, 0) is 4.79 Å². The van der Waals surface area contributed by atoms with Gasteiger partial charge in [-0.2, -0.15) is 11.8 Å². The van der Waals surface area contributed by atoms with Gasteiger partial charge in [0.2, 0.25) is 5.91 Å². The van der Waals surface area contributed by atoms with Gasteiger partial charge in [-0.15, -0.1) is 0 Å². The summed E-state index contributed by atoms with van der Waals surface area (Å²) in [6.45, 7) is 5.34. The molecule has 3 heteroatoms. The van der Waals surface area contributed by atoms with Gasteiger partial charge in [0.1, 0.15) is 0 Å². The van der Waals surface area contributed by atoms with Gasteiger partial charge in [0.25, 0.3) is 0 Å². The van der Waals surface area contributed by atoms with Gasteiger partial charge in [-0.1, -0.05) is 13.3 Å². The number of rotatable bonds is 5. The summed E-state index contributed by atoms with van der Waals surface area (Å²) in [4.78, 5) is 13.9. The summed E-state index contributed by atoms with van der Waals surface area (Å²) < 4.78 is 0. The molecule has 0 bridgehead atoms. The molecule has 1 amide bonds. The first-order valence-corrected chi connectivity index (χ1v) is 7.28. The zero-order valence-electron chi connectivity index (χ0n) is 10.00. The van der Waals surface area contributed by atoms with Crippen molar-refractivity contribution in [2.24, 2.45) is 0 Å². The fourth-order valence-corrected chi connectivity index (χ4v) is 2.93. The summed E-state index contributed by atoms with van der Waals surface area (Å²) in [6, 6.07) is 0.470. The van der Waals surface area contributed by atoms with Crippen molar-refractivity contribution in [3.8, 4) is 0 Å². The summed E-state index contributed by atoms with van der Waals surface area (Å²) >= 11 is 1.79. The predicted molar refractivity (Wildman–Crippen MR) is 67.3 cm³/mol. The molecule has 1 aliphatic heterocycles. The van der Waals surface area contributed by atoms with Gasteiger partial charge >= 0.3 is 0 Å². The molecule has 0 radical (unpaired) electrons. The molecule has 0 aromatic rings. The van der Waals surface area contributed by atoms with Crippen molar-refractivity contribution in [2.75, 3.05) is 18.1 Å². The molecule has 0 spiro atoms. The van der Waals surface area contributed by atoms with E-state index in [4.69, 9.17) is 0 Å². The zero-order chi connectivity index (χ0) is 11.1. The van der Waals surface area contributed by atoms with Crippen LogP contribution in [0, 0.1) is 0 Å². The fraction of sp³-hybridized carbons (Fsp3) is 0.917. The maximum absolute atomic E-state index is 11.9. The highest BCUT2D eigenvalue weighted by Gasteiger charge is 2.22. The minimum Gasteiger partial charge on any atom is -0.339 e.